The van der Waals surface area contributed by atoms with Crippen molar-refractivity contribution >= 4 is 17.7 Å². The molecule has 5 heteroatoms. The number of carbonyl (C=O) groups is 2. The quantitative estimate of drug-likeness (QED) is 0.943. The molecule has 1 aliphatic heterocycles. The Morgan fingerprint density at radius 2 is 1.74 bits per heavy atom. The zero-order chi connectivity index (χ0) is 16.4. The van der Waals surface area contributed by atoms with Gasteiger partial charge >= 0.3 is 12.1 Å². The van der Waals surface area contributed by atoms with E-state index in [4.69, 9.17) is 4.74 Å². The number of carboxylic acid groups (broad SMARTS) is 1. The van der Waals surface area contributed by atoms with E-state index >= 15 is 0 Å². The zero-order valence-corrected chi connectivity index (χ0v) is 12.7. The third-order valence-electron chi connectivity index (χ3n) is 4.09. The van der Waals surface area contributed by atoms with Gasteiger partial charge in [-0.3, -0.25) is 9.69 Å². The molecule has 0 spiro atoms. The standard InChI is InChI=1S/C18H17NO4/c1-12-16(17(20)21)14-9-5-6-10-15(14)19(12)18(22)23-11-13-7-3-2-4-8-13/h2-10,12,16H,11H2,1H3,(H,20,21). The summed E-state index contributed by atoms with van der Waals surface area (Å²) >= 11 is 0. The maximum absolute atomic E-state index is 12.5. The summed E-state index contributed by atoms with van der Waals surface area (Å²) in [6, 6.07) is 15.9. The molecule has 2 aromatic rings. The van der Waals surface area contributed by atoms with Crippen LogP contribution in [-0.4, -0.2) is 23.2 Å². The monoisotopic (exact) mass is 311 g/mol. The number of nitrogens with zero attached hydrogens (tertiary/aromatic N) is 1. The predicted octanol–water partition coefficient (Wildman–Crippen LogP) is 3.40. The molecule has 23 heavy (non-hydrogen) atoms. The highest BCUT2D eigenvalue weighted by molar-refractivity contribution is 5.96. The Bertz CT molecular complexity index is 729. The van der Waals surface area contributed by atoms with Gasteiger partial charge in [0.25, 0.3) is 0 Å². The average Bonchev–Trinajstić information content (AvgIpc) is 2.85. The predicted molar refractivity (Wildman–Crippen MR) is 85.4 cm³/mol. The first-order valence-corrected chi connectivity index (χ1v) is 7.41. The Balaban J connectivity index is 1.82. The Hall–Kier alpha value is -2.82. The van der Waals surface area contributed by atoms with Gasteiger partial charge in [-0.25, -0.2) is 4.79 Å². The number of rotatable bonds is 3. The number of hydrogen-bond acceptors (Lipinski definition) is 3. The number of para-hydroxylation sites is 1. The lowest BCUT2D eigenvalue weighted by Gasteiger charge is -2.23. The van der Waals surface area contributed by atoms with E-state index in [0.717, 1.165) is 5.56 Å². The highest BCUT2D eigenvalue weighted by atomic mass is 16.6. The molecule has 0 radical (unpaired) electrons. The van der Waals surface area contributed by atoms with Crippen LogP contribution in [0.15, 0.2) is 54.6 Å². The molecule has 0 aliphatic carbocycles. The van der Waals surface area contributed by atoms with E-state index in [0.29, 0.717) is 11.3 Å². The van der Waals surface area contributed by atoms with Gasteiger partial charge in [0.05, 0.1) is 11.7 Å². The molecule has 0 bridgehead atoms. The first-order valence-electron chi connectivity index (χ1n) is 7.41. The van der Waals surface area contributed by atoms with Crippen LogP contribution in [0, 0.1) is 0 Å². The van der Waals surface area contributed by atoms with Gasteiger partial charge in [-0.05, 0) is 24.1 Å². The summed E-state index contributed by atoms with van der Waals surface area (Å²) < 4.78 is 5.36. The van der Waals surface area contributed by atoms with E-state index in [2.05, 4.69) is 0 Å². The third kappa shape index (κ3) is 2.77. The highest BCUT2D eigenvalue weighted by Crippen LogP contribution is 2.41. The van der Waals surface area contributed by atoms with Crippen molar-refractivity contribution in [1.29, 1.82) is 0 Å². The molecule has 1 N–H and O–H groups in total. The van der Waals surface area contributed by atoms with Crippen LogP contribution in [0.3, 0.4) is 0 Å². The second-order valence-corrected chi connectivity index (χ2v) is 5.53. The van der Waals surface area contributed by atoms with Crippen LogP contribution in [-0.2, 0) is 16.1 Å². The first-order chi connectivity index (χ1) is 11.1. The van der Waals surface area contributed by atoms with Gasteiger partial charge in [0.15, 0.2) is 0 Å². The number of fused-ring (bicyclic) bond motifs is 1. The largest absolute Gasteiger partial charge is 0.481 e. The summed E-state index contributed by atoms with van der Waals surface area (Å²) in [4.78, 5) is 25.4. The van der Waals surface area contributed by atoms with Crippen molar-refractivity contribution in [1.82, 2.24) is 0 Å². The molecule has 2 unspecified atom stereocenters. The number of amides is 1. The van der Waals surface area contributed by atoms with Gasteiger partial charge in [0.2, 0.25) is 0 Å². The van der Waals surface area contributed by atoms with Crippen LogP contribution in [0.25, 0.3) is 0 Å². The number of anilines is 1. The number of ether oxygens (including phenoxy) is 1. The molecule has 5 nitrogen and oxygen atoms in total. The average molecular weight is 311 g/mol. The van der Waals surface area contributed by atoms with Crippen molar-refractivity contribution in [3.63, 3.8) is 0 Å². The number of carbonyl (C=O) groups excluding carboxylic acids is 1. The van der Waals surface area contributed by atoms with E-state index in [1.165, 1.54) is 4.90 Å². The van der Waals surface area contributed by atoms with Gasteiger partial charge in [-0.1, -0.05) is 48.5 Å². The first kappa shape index (κ1) is 15.1. The van der Waals surface area contributed by atoms with Gasteiger partial charge in [0.1, 0.15) is 12.5 Å². The summed E-state index contributed by atoms with van der Waals surface area (Å²) in [7, 11) is 0. The molecule has 0 saturated heterocycles. The lowest BCUT2D eigenvalue weighted by atomic mass is 9.96. The SMILES string of the molecule is CC1C(C(=O)O)c2ccccc2N1C(=O)OCc1ccccc1. The number of benzene rings is 2. The topological polar surface area (TPSA) is 66.8 Å². The van der Waals surface area contributed by atoms with Gasteiger partial charge in [-0.2, -0.15) is 0 Å². The van der Waals surface area contributed by atoms with Crippen molar-refractivity contribution in [3.05, 3.63) is 65.7 Å². The van der Waals surface area contributed by atoms with Crippen LogP contribution < -0.4 is 4.90 Å². The van der Waals surface area contributed by atoms with Gasteiger partial charge in [0, 0.05) is 0 Å². The lowest BCUT2D eigenvalue weighted by molar-refractivity contribution is -0.138. The fourth-order valence-electron chi connectivity index (χ4n) is 2.99. The second-order valence-electron chi connectivity index (χ2n) is 5.53. The van der Waals surface area contributed by atoms with E-state index in [-0.39, 0.29) is 6.61 Å². The summed E-state index contributed by atoms with van der Waals surface area (Å²) in [5.41, 5.74) is 2.13. The van der Waals surface area contributed by atoms with Crippen LogP contribution >= 0.6 is 0 Å². The van der Waals surface area contributed by atoms with Crippen molar-refractivity contribution in [3.8, 4) is 0 Å². The summed E-state index contributed by atoms with van der Waals surface area (Å²) in [5.74, 6) is -1.68. The second kappa shape index (κ2) is 6.12. The maximum Gasteiger partial charge on any atom is 0.414 e. The molecular formula is C18H17NO4. The fourth-order valence-corrected chi connectivity index (χ4v) is 2.99. The number of hydrogen-bond donors (Lipinski definition) is 1. The summed E-state index contributed by atoms with van der Waals surface area (Å²) in [6.45, 7) is 1.88. The van der Waals surface area contributed by atoms with Crippen LogP contribution in [0.1, 0.15) is 24.0 Å². The van der Waals surface area contributed by atoms with Crippen molar-refractivity contribution in [2.45, 2.75) is 25.5 Å². The molecule has 1 amide bonds. The molecular weight excluding hydrogens is 294 g/mol. The lowest BCUT2D eigenvalue weighted by Crippen LogP contribution is -2.39. The minimum absolute atomic E-state index is 0.156. The van der Waals surface area contributed by atoms with Crippen molar-refractivity contribution in [2.75, 3.05) is 4.90 Å². The molecule has 1 aliphatic rings. The Morgan fingerprint density at radius 1 is 1.09 bits per heavy atom. The maximum atomic E-state index is 12.5. The number of carboxylic acids is 1. The minimum Gasteiger partial charge on any atom is -0.481 e. The molecule has 0 fully saturated rings. The van der Waals surface area contributed by atoms with Crippen LogP contribution in [0.2, 0.25) is 0 Å². The van der Waals surface area contributed by atoms with E-state index < -0.39 is 24.0 Å². The molecule has 0 aromatic heterocycles. The molecule has 2 atom stereocenters. The molecule has 0 saturated carbocycles. The third-order valence-corrected chi connectivity index (χ3v) is 4.09. The van der Waals surface area contributed by atoms with Crippen molar-refractivity contribution < 1.29 is 19.4 Å². The van der Waals surface area contributed by atoms with Crippen LogP contribution in [0.4, 0.5) is 10.5 Å². The smallest absolute Gasteiger partial charge is 0.414 e. The Morgan fingerprint density at radius 3 is 2.43 bits per heavy atom. The highest BCUT2D eigenvalue weighted by Gasteiger charge is 2.43. The van der Waals surface area contributed by atoms with Gasteiger partial charge in [-0.15, -0.1) is 0 Å². The molecule has 3 rings (SSSR count). The summed E-state index contributed by atoms with van der Waals surface area (Å²) in [6.07, 6.45) is -0.530. The molecule has 1 heterocycles. The summed E-state index contributed by atoms with van der Waals surface area (Å²) in [5, 5.41) is 9.46. The van der Waals surface area contributed by atoms with Gasteiger partial charge < -0.3 is 9.84 Å². The van der Waals surface area contributed by atoms with E-state index in [9.17, 15) is 14.7 Å². The molecule has 118 valence electrons. The zero-order valence-electron chi connectivity index (χ0n) is 12.7. The van der Waals surface area contributed by atoms with E-state index in [1.807, 2.05) is 30.3 Å². The fraction of sp³-hybridized carbons (Fsp3) is 0.222. The van der Waals surface area contributed by atoms with Crippen molar-refractivity contribution in [2.24, 2.45) is 0 Å². The van der Waals surface area contributed by atoms with E-state index in [1.54, 1.807) is 31.2 Å². The molecule has 2 aromatic carbocycles. The van der Waals surface area contributed by atoms with Crippen LogP contribution in [0.5, 0.6) is 0 Å². The number of aliphatic carboxylic acids is 1. The Labute approximate surface area is 134 Å². The Kier molecular flexibility index (Phi) is 4.02. The minimum atomic E-state index is -0.941. The normalized spacial score (nSPS) is 19.3.